The van der Waals surface area contributed by atoms with Crippen LogP contribution in [-0.4, -0.2) is 21.8 Å². The van der Waals surface area contributed by atoms with Crippen LogP contribution in [0.15, 0.2) is 79.0 Å². The summed E-state index contributed by atoms with van der Waals surface area (Å²) in [6.07, 6.45) is 2.62. The summed E-state index contributed by atoms with van der Waals surface area (Å²) in [6.45, 7) is 2.04. The highest BCUT2D eigenvalue weighted by molar-refractivity contribution is 6.17. The van der Waals surface area contributed by atoms with Crippen molar-refractivity contribution < 1.29 is 18.7 Å². The van der Waals surface area contributed by atoms with Crippen molar-refractivity contribution in [1.29, 1.82) is 0 Å². The predicted octanol–water partition coefficient (Wildman–Crippen LogP) is 6.31. The highest BCUT2D eigenvalue weighted by Crippen LogP contribution is 2.47. The lowest BCUT2D eigenvalue weighted by atomic mass is 10.0. The van der Waals surface area contributed by atoms with Crippen LogP contribution in [0.25, 0.3) is 21.9 Å². The molecule has 2 heterocycles. The Kier molecular flexibility index (Phi) is 5.37. The maximum atomic E-state index is 13.1. The van der Waals surface area contributed by atoms with E-state index in [2.05, 4.69) is 32.7 Å². The maximum Gasteiger partial charge on any atom is 0.240 e. The Bertz CT molecular complexity index is 1660. The predicted molar refractivity (Wildman–Crippen MR) is 140 cm³/mol. The normalized spacial score (nSPS) is 13.9. The molecule has 1 fully saturated rings. The number of ether oxygens (including phenoxy) is 1. The number of pyridine rings is 1. The molecule has 0 aliphatic heterocycles. The van der Waals surface area contributed by atoms with Crippen molar-refractivity contribution in [2.75, 3.05) is 10.6 Å². The summed E-state index contributed by atoms with van der Waals surface area (Å²) in [5, 5.41) is 6.57. The van der Waals surface area contributed by atoms with Crippen LogP contribution in [-0.2, 0) is 9.59 Å². The number of hydrogen-bond donors (Lipinski definition) is 3. The van der Waals surface area contributed by atoms with E-state index in [0.29, 0.717) is 35.7 Å². The standard InChI is InChI=1S/C29H23FN4O3/c1-17-2-11-22-23(16-17)34-26-24(12-15-31-25(22)26)37-21-9-7-20(8-10-21)33-28(36)29(13-14-29)27(35)32-19-5-3-18(30)4-6-19/h2-12,15-16,34H,13-14H2,1H3,(H,32,35)(H,33,36). The Morgan fingerprint density at radius 1 is 0.919 bits per heavy atom. The lowest BCUT2D eigenvalue weighted by Gasteiger charge is -2.16. The van der Waals surface area contributed by atoms with Gasteiger partial charge < -0.3 is 20.4 Å². The van der Waals surface area contributed by atoms with Crippen LogP contribution in [0.4, 0.5) is 15.8 Å². The second-order valence-electron chi connectivity index (χ2n) is 9.33. The van der Waals surface area contributed by atoms with E-state index in [9.17, 15) is 14.0 Å². The fourth-order valence-electron chi connectivity index (χ4n) is 4.41. The van der Waals surface area contributed by atoms with E-state index in [1.807, 2.05) is 13.0 Å². The second-order valence-corrected chi connectivity index (χ2v) is 9.33. The molecule has 1 aliphatic carbocycles. The molecule has 3 N–H and O–H groups in total. The Morgan fingerprint density at radius 2 is 1.57 bits per heavy atom. The summed E-state index contributed by atoms with van der Waals surface area (Å²) in [7, 11) is 0. The Hall–Kier alpha value is -4.72. The molecular weight excluding hydrogens is 471 g/mol. The van der Waals surface area contributed by atoms with Crippen molar-refractivity contribution >= 4 is 45.1 Å². The molecule has 0 spiro atoms. The number of H-pyrrole nitrogens is 1. The number of amides is 2. The molecule has 2 aromatic heterocycles. The summed E-state index contributed by atoms with van der Waals surface area (Å²) in [4.78, 5) is 33.6. The summed E-state index contributed by atoms with van der Waals surface area (Å²) in [6, 6.07) is 20.4. The van der Waals surface area contributed by atoms with Crippen LogP contribution in [0.1, 0.15) is 18.4 Å². The van der Waals surface area contributed by atoms with Gasteiger partial charge in [-0.3, -0.25) is 14.6 Å². The Balaban J connectivity index is 1.15. The number of halogens is 1. The van der Waals surface area contributed by atoms with E-state index in [-0.39, 0.29) is 5.91 Å². The van der Waals surface area contributed by atoms with Gasteiger partial charge in [-0.05, 0) is 79.9 Å². The van der Waals surface area contributed by atoms with Gasteiger partial charge in [0.2, 0.25) is 11.8 Å². The average Bonchev–Trinajstić information content (AvgIpc) is 3.63. The second kappa shape index (κ2) is 8.74. The number of carbonyl (C=O) groups is 2. The van der Waals surface area contributed by atoms with Crippen molar-refractivity contribution in [3.8, 4) is 11.5 Å². The monoisotopic (exact) mass is 494 g/mol. The molecular formula is C29H23FN4O3. The van der Waals surface area contributed by atoms with Crippen LogP contribution in [0.5, 0.6) is 11.5 Å². The molecule has 3 aromatic carbocycles. The molecule has 1 saturated carbocycles. The molecule has 0 atom stereocenters. The highest BCUT2D eigenvalue weighted by Gasteiger charge is 2.56. The number of hydrogen-bond acceptors (Lipinski definition) is 4. The van der Waals surface area contributed by atoms with Gasteiger partial charge in [0.25, 0.3) is 0 Å². The Morgan fingerprint density at radius 3 is 2.22 bits per heavy atom. The van der Waals surface area contributed by atoms with E-state index in [1.165, 1.54) is 24.3 Å². The first-order valence-electron chi connectivity index (χ1n) is 11.9. The molecule has 184 valence electrons. The first-order valence-corrected chi connectivity index (χ1v) is 11.9. The number of nitrogens with one attached hydrogen (secondary N) is 3. The minimum atomic E-state index is -1.12. The largest absolute Gasteiger partial charge is 0.455 e. The number of benzene rings is 3. The van der Waals surface area contributed by atoms with Crippen molar-refractivity contribution in [3.05, 3.63) is 90.4 Å². The molecule has 0 radical (unpaired) electrons. The topological polar surface area (TPSA) is 96.1 Å². The molecule has 7 nitrogen and oxygen atoms in total. The zero-order valence-corrected chi connectivity index (χ0v) is 20.0. The molecule has 1 aliphatic rings. The molecule has 6 rings (SSSR count). The number of aryl methyl sites for hydroxylation is 1. The van der Waals surface area contributed by atoms with Crippen LogP contribution >= 0.6 is 0 Å². The summed E-state index contributed by atoms with van der Waals surface area (Å²) < 4.78 is 19.3. The van der Waals surface area contributed by atoms with Gasteiger partial charge in [0.05, 0.1) is 5.52 Å². The van der Waals surface area contributed by atoms with Crippen molar-refractivity contribution in [2.45, 2.75) is 19.8 Å². The minimum Gasteiger partial charge on any atom is -0.455 e. The van der Waals surface area contributed by atoms with E-state index >= 15 is 0 Å². The minimum absolute atomic E-state index is 0.370. The average molecular weight is 495 g/mol. The van der Waals surface area contributed by atoms with E-state index < -0.39 is 17.1 Å². The fraction of sp³-hybridized carbons (Fsp3) is 0.138. The van der Waals surface area contributed by atoms with E-state index in [4.69, 9.17) is 4.74 Å². The third-order valence-corrected chi connectivity index (χ3v) is 6.66. The first-order chi connectivity index (χ1) is 17.9. The first kappa shape index (κ1) is 22.7. The molecule has 0 unspecified atom stereocenters. The van der Waals surface area contributed by atoms with Gasteiger partial charge in [-0.2, -0.15) is 0 Å². The van der Waals surface area contributed by atoms with Gasteiger partial charge in [-0.15, -0.1) is 0 Å². The van der Waals surface area contributed by atoms with Crippen molar-refractivity contribution in [1.82, 2.24) is 9.97 Å². The van der Waals surface area contributed by atoms with E-state index in [0.717, 1.165) is 27.5 Å². The Labute approximate surface area is 211 Å². The zero-order chi connectivity index (χ0) is 25.6. The van der Waals surface area contributed by atoms with Gasteiger partial charge in [0.15, 0.2) is 5.75 Å². The number of fused-ring (bicyclic) bond motifs is 3. The summed E-state index contributed by atoms with van der Waals surface area (Å²) >= 11 is 0. The van der Waals surface area contributed by atoms with E-state index in [1.54, 1.807) is 36.5 Å². The van der Waals surface area contributed by atoms with Gasteiger partial charge in [0, 0.05) is 34.5 Å². The van der Waals surface area contributed by atoms with Crippen LogP contribution in [0.3, 0.4) is 0 Å². The third kappa shape index (κ3) is 4.27. The smallest absolute Gasteiger partial charge is 0.240 e. The number of carbonyl (C=O) groups excluding carboxylic acids is 2. The van der Waals surface area contributed by atoms with Gasteiger partial charge in [-0.1, -0.05) is 12.1 Å². The quantitative estimate of drug-likeness (QED) is 0.241. The summed E-state index contributed by atoms with van der Waals surface area (Å²) in [5.41, 5.74) is 3.67. The number of anilines is 2. The van der Waals surface area contributed by atoms with Crippen LogP contribution in [0.2, 0.25) is 0 Å². The maximum absolute atomic E-state index is 13.1. The molecule has 0 saturated heterocycles. The highest BCUT2D eigenvalue weighted by atomic mass is 19.1. The lowest BCUT2D eigenvalue weighted by Crippen LogP contribution is -2.35. The SMILES string of the molecule is Cc1ccc2c(c1)[nH]c1c(Oc3ccc(NC(=O)C4(C(=O)Nc5ccc(F)cc5)CC4)cc3)ccnc12. The lowest BCUT2D eigenvalue weighted by molar-refractivity contribution is -0.131. The van der Waals surface area contributed by atoms with Crippen LogP contribution < -0.4 is 15.4 Å². The van der Waals surface area contributed by atoms with Gasteiger partial charge in [-0.25, -0.2) is 4.39 Å². The molecule has 2 amide bonds. The summed E-state index contributed by atoms with van der Waals surface area (Å²) in [5.74, 6) is 0.0754. The van der Waals surface area contributed by atoms with Crippen molar-refractivity contribution in [3.63, 3.8) is 0 Å². The molecule has 8 heteroatoms. The van der Waals surface area contributed by atoms with Gasteiger partial charge >= 0.3 is 0 Å². The molecule has 5 aromatic rings. The number of aromatic nitrogens is 2. The third-order valence-electron chi connectivity index (χ3n) is 6.66. The number of aromatic amines is 1. The number of nitrogens with zero attached hydrogens (tertiary/aromatic N) is 1. The van der Waals surface area contributed by atoms with Crippen LogP contribution in [0, 0.1) is 18.2 Å². The van der Waals surface area contributed by atoms with Gasteiger partial charge in [0.1, 0.15) is 22.5 Å². The van der Waals surface area contributed by atoms with Crippen molar-refractivity contribution in [2.24, 2.45) is 5.41 Å². The molecule has 37 heavy (non-hydrogen) atoms. The molecule has 0 bridgehead atoms. The number of rotatable bonds is 6. The fourth-order valence-corrected chi connectivity index (χ4v) is 4.41. The zero-order valence-electron chi connectivity index (χ0n) is 20.0.